The summed E-state index contributed by atoms with van der Waals surface area (Å²) < 4.78 is 29.9. The van der Waals surface area contributed by atoms with Gasteiger partial charge in [-0.2, -0.15) is 0 Å². The van der Waals surface area contributed by atoms with Crippen molar-refractivity contribution in [2.45, 2.75) is 58.9 Å². The van der Waals surface area contributed by atoms with Crippen molar-refractivity contribution in [1.82, 2.24) is 5.32 Å². The third kappa shape index (κ3) is 7.95. The minimum atomic E-state index is -1.33. The van der Waals surface area contributed by atoms with Crippen LogP contribution in [0.4, 0.5) is 25.0 Å². The number of nitrogens with zero attached hydrogens (tertiary/aromatic N) is 1. The fourth-order valence-corrected chi connectivity index (χ4v) is 4.81. The van der Waals surface area contributed by atoms with Crippen LogP contribution in [0.15, 0.2) is 54.0 Å². The predicted octanol–water partition coefficient (Wildman–Crippen LogP) is 5.91. The zero-order valence-corrected chi connectivity index (χ0v) is 22.6. The molecule has 39 heavy (non-hydrogen) atoms. The van der Waals surface area contributed by atoms with Crippen LogP contribution in [-0.4, -0.2) is 29.7 Å². The third-order valence-corrected chi connectivity index (χ3v) is 6.51. The molecular formula is C29H37F2N5O3. The van der Waals surface area contributed by atoms with Crippen molar-refractivity contribution in [1.29, 1.82) is 0 Å². The molecule has 0 heterocycles. The highest BCUT2D eigenvalue weighted by atomic mass is 19.1. The SMILES string of the molecule is C/C(N)=C/C=C(\N)NC(=O)Nc1cc(-c2cc(F)ccc2C(=O)O)c(F)cc1N(CC(C)C)C1CCCCC1. The number of nitrogens with one attached hydrogen (secondary N) is 2. The average Bonchev–Trinajstić information content (AvgIpc) is 2.87. The van der Waals surface area contributed by atoms with Gasteiger partial charge in [0.1, 0.15) is 17.5 Å². The maximum Gasteiger partial charge on any atom is 0.336 e. The van der Waals surface area contributed by atoms with E-state index in [9.17, 15) is 19.1 Å². The molecule has 10 heteroatoms. The monoisotopic (exact) mass is 541 g/mol. The maximum atomic E-state index is 15.8. The molecule has 1 saturated carbocycles. The van der Waals surface area contributed by atoms with Crippen molar-refractivity contribution in [2.75, 3.05) is 16.8 Å². The molecule has 0 aromatic heterocycles. The molecule has 1 aliphatic rings. The van der Waals surface area contributed by atoms with Crippen molar-refractivity contribution in [3.05, 3.63) is 71.2 Å². The number of urea groups is 1. The second kappa shape index (κ2) is 13.1. The van der Waals surface area contributed by atoms with Gasteiger partial charge in [-0.3, -0.25) is 5.32 Å². The van der Waals surface area contributed by atoms with E-state index >= 15 is 4.39 Å². The van der Waals surface area contributed by atoms with E-state index in [4.69, 9.17) is 11.5 Å². The Hall–Kier alpha value is -4.08. The molecule has 0 radical (unpaired) electrons. The second-order valence-electron chi connectivity index (χ2n) is 10.3. The van der Waals surface area contributed by atoms with E-state index in [0.29, 0.717) is 17.9 Å². The molecule has 0 unspecified atom stereocenters. The van der Waals surface area contributed by atoms with Crippen molar-refractivity contribution in [3.63, 3.8) is 0 Å². The molecule has 210 valence electrons. The number of rotatable bonds is 9. The molecule has 3 rings (SSSR count). The Labute approximate surface area is 227 Å². The van der Waals surface area contributed by atoms with Crippen LogP contribution < -0.4 is 27.0 Å². The smallest absolute Gasteiger partial charge is 0.336 e. The lowest BCUT2D eigenvalue weighted by atomic mass is 9.92. The number of carbonyl (C=O) groups excluding carboxylic acids is 1. The van der Waals surface area contributed by atoms with E-state index < -0.39 is 23.6 Å². The number of carboxylic acids is 1. The lowest BCUT2D eigenvalue weighted by Crippen LogP contribution is -2.40. The zero-order valence-electron chi connectivity index (χ0n) is 22.6. The average molecular weight is 542 g/mol. The summed E-state index contributed by atoms with van der Waals surface area (Å²) in [5.41, 5.74) is 12.1. The van der Waals surface area contributed by atoms with E-state index in [2.05, 4.69) is 29.4 Å². The van der Waals surface area contributed by atoms with Crippen LogP contribution in [0, 0.1) is 17.6 Å². The van der Waals surface area contributed by atoms with Gasteiger partial charge < -0.3 is 26.8 Å². The highest BCUT2D eigenvalue weighted by Crippen LogP contribution is 2.39. The molecule has 0 saturated heterocycles. The highest BCUT2D eigenvalue weighted by molar-refractivity contribution is 5.99. The summed E-state index contributed by atoms with van der Waals surface area (Å²) in [4.78, 5) is 26.9. The Morgan fingerprint density at radius 2 is 1.77 bits per heavy atom. The molecule has 0 atom stereocenters. The van der Waals surface area contributed by atoms with Gasteiger partial charge in [-0.1, -0.05) is 33.1 Å². The lowest BCUT2D eigenvalue weighted by molar-refractivity contribution is 0.0697. The number of anilines is 2. The van der Waals surface area contributed by atoms with Crippen LogP contribution in [0.25, 0.3) is 11.1 Å². The number of hydrogen-bond acceptors (Lipinski definition) is 5. The van der Waals surface area contributed by atoms with Crippen LogP contribution in [0.3, 0.4) is 0 Å². The Kier molecular flexibility index (Phi) is 9.92. The quantitative estimate of drug-likeness (QED) is 0.251. The lowest BCUT2D eigenvalue weighted by Gasteiger charge is -2.38. The van der Waals surface area contributed by atoms with Gasteiger partial charge in [-0.15, -0.1) is 0 Å². The molecule has 1 fully saturated rings. The molecule has 2 amide bonds. The number of carboxylic acid groups (broad SMARTS) is 1. The molecule has 2 aromatic rings. The summed E-state index contributed by atoms with van der Waals surface area (Å²) in [5, 5.41) is 14.9. The molecule has 0 spiro atoms. The summed E-state index contributed by atoms with van der Waals surface area (Å²) in [6.07, 6.45) is 8.04. The first-order valence-corrected chi connectivity index (χ1v) is 13.1. The molecule has 7 N–H and O–H groups in total. The summed E-state index contributed by atoms with van der Waals surface area (Å²) >= 11 is 0. The van der Waals surface area contributed by atoms with Crippen molar-refractivity contribution >= 4 is 23.4 Å². The minimum Gasteiger partial charge on any atom is -0.478 e. The number of allylic oxidation sites excluding steroid dienone is 3. The van der Waals surface area contributed by atoms with Gasteiger partial charge in [0.2, 0.25) is 0 Å². The molecule has 0 aliphatic heterocycles. The Morgan fingerprint density at radius 1 is 1.08 bits per heavy atom. The summed E-state index contributed by atoms with van der Waals surface area (Å²) in [7, 11) is 0. The van der Waals surface area contributed by atoms with Crippen molar-refractivity contribution < 1.29 is 23.5 Å². The molecule has 1 aliphatic carbocycles. The molecular weight excluding hydrogens is 504 g/mol. The number of benzene rings is 2. The van der Waals surface area contributed by atoms with Gasteiger partial charge in [0.15, 0.2) is 0 Å². The summed E-state index contributed by atoms with van der Waals surface area (Å²) in [6.45, 7) is 6.40. The Morgan fingerprint density at radius 3 is 2.38 bits per heavy atom. The summed E-state index contributed by atoms with van der Waals surface area (Å²) in [5.74, 6) is -2.49. The van der Waals surface area contributed by atoms with Gasteiger partial charge in [0, 0.05) is 29.4 Å². The zero-order chi connectivity index (χ0) is 28.7. The standard InChI is InChI=1S/C29H37F2N5O3/c1-17(2)16-36(20-7-5-4-6-8-20)26-15-24(31)23(22-13-19(30)10-11-21(22)28(37)38)14-25(26)34-29(39)35-27(33)12-9-18(3)32/h9-15,17,20H,4-8,16,32-33H2,1-3H3,(H,37,38)(H2,34,35,39)/b18-9-,27-12+. The first-order valence-electron chi connectivity index (χ1n) is 13.1. The largest absolute Gasteiger partial charge is 0.478 e. The van der Waals surface area contributed by atoms with Crippen molar-refractivity contribution in [2.24, 2.45) is 17.4 Å². The van der Waals surface area contributed by atoms with Gasteiger partial charge >= 0.3 is 12.0 Å². The number of halogens is 2. The molecule has 8 nitrogen and oxygen atoms in total. The maximum absolute atomic E-state index is 15.8. The Bertz CT molecular complexity index is 1270. The molecule has 2 aromatic carbocycles. The van der Waals surface area contributed by atoms with E-state index in [1.807, 2.05) is 0 Å². The predicted molar refractivity (Wildman–Crippen MR) is 150 cm³/mol. The second-order valence-corrected chi connectivity index (χ2v) is 10.3. The first-order chi connectivity index (χ1) is 18.5. The number of carbonyl (C=O) groups is 2. The number of amides is 2. The number of nitrogens with two attached hydrogens (primary N) is 2. The third-order valence-electron chi connectivity index (χ3n) is 6.51. The Balaban J connectivity index is 2.14. The highest BCUT2D eigenvalue weighted by Gasteiger charge is 2.27. The van der Waals surface area contributed by atoms with Gasteiger partial charge in [0.05, 0.1) is 16.9 Å². The van der Waals surface area contributed by atoms with E-state index in [1.54, 1.807) is 6.92 Å². The normalized spacial score (nSPS) is 14.8. The molecule has 0 bridgehead atoms. The minimum absolute atomic E-state index is 0.0331. The summed E-state index contributed by atoms with van der Waals surface area (Å²) in [6, 6.07) is 5.17. The van der Waals surface area contributed by atoms with Gasteiger partial charge in [0.25, 0.3) is 0 Å². The van der Waals surface area contributed by atoms with E-state index in [-0.39, 0.29) is 40.2 Å². The van der Waals surface area contributed by atoms with Gasteiger partial charge in [-0.25, -0.2) is 18.4 Å². The van der Waals surface area contributed by atoms with E-state index in [1.165, 1.54) is 24.3 Å². The van der Waals surface area contributed by atoms with Crippen molar-refractivity contribution in [3.8, 4) is 11.1 Å². The van der Waals surface area contributed by atoms with Crippen LogP contribution in [-0.2, 0) is 0 Å². The first kappa shape index (κ1) is 29.5. The van der Waals surface area contributed by atoms with Crippen LogP contribution in [0.1, 0.15) is 63.2 Å². The number of hydrogen-bond donors (Lipinski definition) is 5. The van der Waals surface area contributed by atoms with Crippen LogP contribution in [0.5, 0.6) is 0 Å². The number of aromatic carboxylic acids is 1. The fourth-order valence-electron chi connectivity index (χ4n) is 4.81. The van der Waals surface area contributed by atoms with Crippen LogP contribution >= 0.6 is 0 Å². The topological polar surface area (TPSA) is 134 Å². The van der Waals surface area contributed by atoms with Crippen LogP contribution in [0.2, 0.25) is 0 Å². The van der Waals surface area contributed by atoms with Gasteiger partial charge in [-0.05, 0) is 68.2 Å². The van der Waals surface area contributed by atoms with E-state index in [0.717, 1.165) is 50.3 Å². The fraction of sp³-hybridized carbons (Fsp3) is 0.379.